The molecule has 0 spiro atoms. The van der Waals surface area contributed by atoms with Crippen molar-refractivity contribution in [1.29, 1.82) is 0 Å². The van der Waals surface area contributed by atoms with Gasteiger partial charge in [0.2, 0.25) is 0 Å². The molecule has 0 radical (unpaired) electrons. The number of benzene rings is 1. The number of amides is 1. The van der Waals surface area contributed by atoms with Crippen LogP contribution < -0.4 is 10.1 Å². The van der Waals surface area contributed by atoms with Gasteiger partial charge in [-0.1, -0.05) is 6.07 Å². The molecule has 1 amide bonds. The van der Waals surface area contributed by atoms with E-state index in [-0.39, 0.29) is 12.4 Å². The minimum atomic E-state index is -0.568. The highest BCUT2D eigenvalue weighted by Gasteiger charge is 2.19. The number of aromatic nitrogens is 5. The van der Waals surface area contributed by atoms with E-state index < -0.39 is 11.6 Å². The van der Waals surface area contributed by atoms with Crippen LogP contribution in [-0.4, -0.2) is 41.5 Å². The minimum Gasteiger partial charge on any atom is -0.406 e. The molecule has 0 saturated heterocycles. The highest BCUT2D eigenvalue weighted by Crippen LogP contribution is 2.30. The van der Waals surface area contributed by atoms with E-state index in [1.807, 2.05) is 46.0 Å². The first kappa shape index (κ1) is 18.9. The monoisotopic (exact) mass is 394 g/mol. The van der Waals surface area contributed by atoms with Crippen molar-refractivity contribution < 1.29 is 14.6 Å². The van der Waals surface area contributed by atoms with Crippen LogP contribution in [-0.2, 0) is 13.7 Å². The largest absolute Gasteiger partial charge is 0.413 e. The third-order valence-corrected chi connectivity index (χ3v) is 4.37. The Labute approximate surface area is 166 Å². The highest BCUT2D eigenvalue weighted by atomic mass is 16.6. The summed E-state index contributed by atoms with van der Waals surface area (Å²) in [6, 6.07) is 5.65. The van der Waals surface area contributed by atoms with Crippen LogP contribution >= 0.6 is 0 Å². The summed E-state index contributed by atoms with van der Waals surface area (Å²) in [5, 5.41) is 17.6. The lowest BCUT2D eigenvalue weighted by Crippen LogP contribution is -2.42. The number of nitrogens with one attached hydrogen (secondary N) is 2. The molecular weight excluding hydrogens is 372 g/mol. The molecule has 1 aromatic carbocycles. The SMILES string of the molecule is Cn1nc(-c2cnc3[nH]cc(OC(=O)NC(C)(C)C)c3n2)c2cc(CO)ccc21. The van der Waals surface area contributed by atoms with Crippen molar-refractivity contribution >= 4 is 28.2 Å². The van der Waals surface area contributed by atoms with Crippen LogP contribution in [0.15, 0.2) is 30.6 Å². The summed E-state index contributed by atoms with van der Waals surface area (Å²) in [5.41, 5.74) is 3.39. The first-order valence-electron chi connectivity index (χ1n) is 9.16. The summed E-state index contributed by atoms with van der Waals surface area (Å²) in [5.74, 6) is 0.285. The third kappa shape index (κ3) is 3.64. The van der Waals surface area contributed by atoms with Gasteiger partial charge in [0.15, 0.2) is 16.9 Å². The molecule has 0 fully saturated rings. The Morgan fingerprint density at radius 3 is 2.86 bits per heavy atom. The van der Waals surface area contributed by atoms with Gasteiger partial charge in [-0.15, -0.1) is 0 Å². The molecule has 0 atom stereocenters. The minimum absolute atomic E-state index is 0.0618. The number of H-pyrrole nitrogens is 1. The lowest BCUT2D eigenvalue weighted by Gasteiger charge is -2.19. The summed E-state index contributed by atoms with van der Waals surface area (Å²) in [7, 11) is 1.85. The normalized spacial score (nSPS) is 11.9. The van der Waals surface area contributed by atoms with Crippen LogP contribution in [0, 0.1) is 0 Å². The Morgan fingerprint density at radius 1 is 1.34 bits per heavy atom. The number of aliphatic hydroxyl groups is 1. The molecule has 9 nitrogen and oxygen atoms in total. The van der Waals surface area contributed by atoms with Gasteiger partial charge in [-0.2, -0.15) is 5.10 Å². The fourth-order valence-electron chi connectivity index (χ4n) is 3.09. The number of carbonyl (C=O) groups is 1. The van der Waals surface area contributed by atoms with Gasteiger partial charge in [0.25, 0.3) is 0 Å². The molecule has 150 valence electrons. The van der Waals surface area contributed by atoms with Gasteiger partial charge in [-0.3, -0.25) is 4.68 Å². The number of hydrogen-bond donors (Lipinski definition) is 3. The first-order chi connectivity index (χ1) is 13.7. The molecule has 0 saturated carbocycles. The number of aliphatic hydroxyl groups excluding tert-OH is 1. The summed E-state index contributed by atoms with van der Waals surface area (Å²) in [4.78, 5) is 24.1. The molecule has 9 heteroatoms. The van der Waals surface area contributed by atoms with E-state index in [9.17, 15) is 9.90 Å². The third-order valence-electron chi connectivity index (χ3n) is 4.37. The molecule has 3 aromatic heterocycles. The fraction of sp³-hybridized carbons (Fsp3) is 0.300. The van der Waals surface area contributed by atoms with E-state index in [1.54, 1.807) is 17.1 Å². The van der Waals surface area contributed by atoms with Crippen LogP contribution in [0.5, 0.6) is 5.75 Å². The number of fused-ring (bicyclic) bond motifs is 2. The molecule has 4 rings (SSSR count). The van der Waals surface area contributed by atoms with Gasteiger partial charge < -0.3 is 20.1 Å². The van der Waals surface area contributed by atoms with Gasteiger partial charge in [0.05, 0.1) is 18.3 Å². The molecular formula is C20H22N6O3. The van der Waals surface area contributed by atoms with Crippen LogP contribution in [0.1, 0.15) is 26.3 Å². The fourth-order valence-corrected chi connectivity index (χ4v) is 3.09. The van der Waals surface area contributed by atoms with Crippen LogP contribution in [0.2, 0.25) is 0 Å². The van der Waals surface area contributed by atoms with E-state index >= 15 is 0 Å². The van der Waals surface area contributed by atoms with Crippen molar-refractivity contribution in [2.75, 3.05) is 0 Å². The van der Waals surface area contributed by atoms with E-state index in [0.29, 0.717) is 22.6 Å². The predicted molar refractivity (Wildman–Crippen MR) is 108 cm³/mol. The standard InChI is InChI=1S/C20H22N6O3/c1-20(2,3)24-19(28)29-15-9-22-18-17(15)23-13(8-21-18)16-12-7-11(10-27)5-6-14(12)26(4)25-16/h5-9,27H,10H2,1-4H3,(H,21,22)(H,24,28). The van der Waals surface area contributed by atoms with E-state index in [1.165, 1.54) is 0 Å². The molecule has 0 aliphatic rings. The second-order valence-corrected chi connectivity index (χ2v) is 7.85. The zero-order chi connectivity index (χ0) is 20.8. The summed E-state index contributed by atoms with van der Waals surface area (Å²) in [6.07, 6.45) is 2.60. The highest BCUT2D eigenvalue weighted by molar-refractivity contribution is 5.94. The first-order valence-corrected chi connectivity index (χ1v) is 9.16. The second-order valence-electron chi connectivity index (χ2n) is 7.85. The topological polar surface area (TPSA) is 118 Å². The van der Waals surface area contributed by atoms with Crippen molar-refractivity contribution in [2.45, 2.75) is 32.9 Å². The molecule has 0 aliphatic carbocycles. The van der Waals surface area contributed by atoms with Gasteiger partial charge in [0, 0.05) is 24.2 Å². The summed E-state index contributed by atoms with van der Waals surface area (Å²) in [6.45, 7) is 5.55. The Morgan fingerprint density at radius 2 is 2.14 bits per heavy atom. The molecule has 0 aliphatic heterocycles. The molecule has 29 heavy (non-hydrogen) atoms. The molecule has 0 unspecified atom stereocenters. The van der Waals surface area contributed by atoms with Crippen molar-refractivity contribution in [3.05, 3.63) is 36.2 Å². The van der Waals surface area contributed by atoms with Crippen molar-refractivity contribution in [1.82, 2.24) is 30.0 Å². The average Bonchev–Trinajstić information content (AvgIpc) is 3.20. The Balaban J connectivity index is 1.76. The smallest absolute Gasteiger partial charge is 0.406 e. The van der Waals surface area contributed by atoms with E-state index in [2.05, 4.69) is 25.4 Å². The van der Waals surface area contributed by atoms with Crippen molar-refractivity contribution in [2.24, 2.45) is 7.05 Å². The number of aromatic amines is 1. The maximum atomic E-state index is 12.1. The van der Waals surface area contributed by atoms with Crippen LogP contribution in [0.3, 0.4) is 0 Å². The van der Waals surface area contributed by atoms with E-state index in [0.717, 1.165) is 16.5 Å². The molecule has 0 bridgehead atoms. The number of aryl methyl sites for hydroxylation is 1. The zero-order valence-corrected chi connectivity index (χ0v) is 16.6. The lowest BCUT2D eigenvalue weighted by molar-refractivity contribution is 0.191. The number of carbonyl (C=O) groups excluding carboxylic acids is 1. The average molecular weight is 394 g/mol. The number of hydrogen-bond acceptors (Lipinski definition) is 6. The maximum absolute atomic E-state index is 12.1. The van der Waals surface area contributed by atoms with Gasteiger partial charge in [0.1, 0.15) is 11.4 Å². The number of nitrogens with zero attached hydrogens (tertiary/aromatic N) is 4. The maximum Gasteiger partial charge on any atom is 0.413 e. The molecule has 3 heterocycles. The Bertz CT molecular complexity index is 1220. The predicted octanol–water partition coefficient (Wildman–Crippen LogP) is 2.89. The second kappa shape index (κ2) is 6.85. The summed E-state index contributed by atoms with van der Waals surface area (Å²) >= 11 is 0. The Kier molecular flexibility index (Phi) is 4.46. The lowest BCUT2D eigenvalue weighted by atomic mass is 10.1. The zero-order valence-electron chi connectivity index (χ0n) is 16.6. The molecule has 3 N–H and O–H groups in total. The van der Waals surface area contributed by atoms with Crippen molar-refractivity contribution in [3.8, 4) is 17.1 Å². The summed E-state index contributed by atoms with van der Waals surface area (Å²) < 4.78 is 7.17. The molecule has 4 aromatic rings. The number of ether oxygens (including phenoxy) is 1. The quantitative estimate of drug-likeness (QED) is 0.492. The van der Waals surface area contributed by atoms with Gasteiger partial charge in [-0.05, 0) is 38.5 Å². The van der Waals surface area contributed by atoms with Crippen LogP contribution in [0.25, 0.3) is 33.5 Å². The van der Waals surface area contributed by atoms with E-state index in [4.69, 9.17) is 4.74 Å². The van der Waals surface area contributed by atoms with Gasteiger partial charge >= 0.3 is 6.09 Å². The van der Waals surface area contributed by atoms with Crippen LogP contribution in [0.4, 0.5) is 4.79 Å². The Hall–Kier alpha value is -3.46. The van der Waals surface area contributed by atoms with Gasteiger partial charge in [-0.25, -0.2) is 14.8 Å². The van der Waals surface area contributed by atoms with Crippen molar-refractivity contribution in [3.63, 3.8) is 0 Å². The number of rotatable bonds is 3.